The third kappa shape index (κ3) is 3.48. The van der Waals surface area contributed by atoms with E-state index in [1.807, 2.05) is 67.2 Å². The predicted molar refractivity (Wildman–Crippen MR) is 88.3 cm³/mol. The molecule has 21 heavy (non-hydrogen) atoms. The molecule has 0 spiro atoms. The fourth-order valence-electron chi connectivity index (χ4n) is 2.37. The monoisotopic (exact) mass is 322 g/mol. The molecule has 112 valence electrons. The summed E-state index contributed by atoms with van der Waals surface area (Å²) in [6, 6.07) is 17.1. The zero-order valence-corrected chi connectivity index (χ0v) is 14.5. The van der Waals surface area contributed by atoms with E-state index in [0.29, 0.717) is 0 Å². The van der Waals surface area contributed by atoms with E-state index in [-0.39, 0.29) is 0 Å². The number of alkyl halides is 2. The largest absolute Gasteiger partial charge is 0.445 e. The Bertz CT molecular complexity index is 534. The Morgan fingerprint density at radius 1 is 0.762 bits per heavy atom. The van der Waals surface area contributed by atoms with E-state index in [2.05, 4.69) is 0 Å². The van der Waals surface area contributed by atoms with Gasteiger partial charge in [0.1, 0.15) is 0 Å². The predicted octanol–water partition coefficient (Wildman–Crippen LogP) is 3.40. The zero-order valence-electron chi connectivity index (χ0n) is 12.5. The van der Waals surface area contributed by atoms with Gasteiger partial charge in [0.25, 0.3) is 8.32 Å². The van der Waals surface area contributed by atoms with Gasteiger partial charge in [-0.3, -0.25) is 0 Å². The number of rotatable bonds is 5. The summed E-state index contributed by atoms with van der Waals surface area (Å²) in [6.45, 7) is 5.19. The lowest BCUT2D eigenvalue weighted by atomic mass is 10.4. The fourth-order valence-corrected chi connectivity index (χ4v) is 9.87. The summed E-state index contributed by atoms with van der Waals surface area (Å²) >= 11 is 0. The average molecular weight is 323 g/mol. The van der Waals surface area contributed by atoms with Gasteiger partial charge in [0.05, 0.1) is 0 Å². The Morgan fingerprint density at radius 3 is 1.48 bits per heavy atom. The van der Waals surface area contributed by atoms with Gasteiger partial charge in [-0.05, 0) is 30.0 Å². The van der Waals surface area contributed by atoms with Crippen LogP contribution in [0.5, 0.6) is 0 Å². The third-order valence-corrected chi connectivity index (χ3v) is 11.3. The Hall–Kier alpha value is -1.31. The first-order valence-electron chi connectivity index (χ1n) is 6.95. The number of hydrogen-bond acceptors (Lipinski definition) is 1. The van der Waals surface area contributed by atoms with Crippen molar-refractivity contribution in [2.45, 2.75) is 25.7 Å². The van der Waals surface area contributed by atoms with Gasteiger partial charge in [-0.25, -0.2) is 8.78 Å². The van der Waals surface area contributed by atoms with Crippen LogP contribution in [-0.2, 0) is 4.12 Å². The SMILES string of the molecule is C[Si](O[Si](C)(C)C(F)F)(c1ccccc1)c1ccccc1. The van der Waals surface area contributed by atoms with Gasteiger partial charge in [0.2, 0.25) is 14.4 Å². The summed E-state index contributed by atoms with van der Waals surface area (Å²) in [5, 5.41) is 2.05. The van der Waals surface area contributed by atoms with Gasteiger partial charge in [-0.2, -0.15) is 0 Å². The molecule has 0 saturated heterocycles. The second-order valence-corrected chi connectivity index (χ2v) is 13.5. The lowest BCUT2D eigenvalue weighted by Gasteiger charge is -2.36. The Morgan fingerprint density at radius 2 is 1.14 bits per heavy atom. The van der Waals surface area contributed by atoms with Crippen molar-refractivity contribution in [1.29, 1.82) is 0 Å². The van der Waals surface area contributed by atoms with Crippen LogP contribution < -0.4 is 10.4 Å². The lowest BCUT2D eigenvalue weighted by Crippen LogP contribution is -2.64. The highest BCUT2D eigenvalue weighted by Gasteiger charge is 2.45. The number of benzene rings is 2. The molecule has 0 aromatic heterocycles. The van der Waals surface area contributed by atoms with Crippen LogP contribution in [0.3, 0.4) is 0 Å². The van der Waals surface area contributed by atoms with Crippen LogP contribution in [0.2, 0.25) is 19.6 Å². The molecule has 0 unspecified atom stereocenters. The molecule has 0 aliphatic carbocycles. The molecule has 0 bridgehead atoms. The molecule has 0 aliphatic heterocycles. The zero-order chi connectivity index (χ0) is 15.5. The van der Waals surface area contributed by atoms with Gasteiger partial charge >= 0.3 is 0 Å². The molecular weight excluding hydrogens is 302 g/mol. The molecule has 0 heterocycles. The van der Waals surface area contributed by atoms with E-state index in [0.717, 1.165) is 10.4 Å². The standard InChI is InChI=1S/C16H20F2OSi2/c1-20(2,16(17)18)19-21(3,14-10-6-4-7-11-14)15-12-8-5-9-13-15/h4-13,16H,1-3H3. The summed E-state index contributed by atoms with van der Waals surface area (Å²) in [6.07, 6.45) is 0. The van der Waals surface area contributed by atoms with Crippen molar-refractivity contribution in [3.63, 3.8) is 0 Å². The molecule has 2 aromatic carbocycles. The maximum absolute atomic E-state index is 13.3. The van der Waals surface area contributed by atoms with Gasteiger partial charge in [-0.15, -0.1) is 0 Å². The van der Waals surface area contributed by atoms with Crippen molar-refractivity contribution in [3.8, 4) is 0 Å². The summed E-state index contributed by atoms with van der Waals surface area (Å²) in [7, 11) is -5.67. The minimum Gasteiger partial charge on any atom is -0.445 e. The van der Waals surface area contributed by atoms with Crippen LogP contribution in [-0.4, -0.2) is 22.7 Å². The van der Waals surface area contributed by atoms with Crippen molar-refractivity contribution in [2.75, 3.05) is 0 Å². The molecule has 0 atom stereocenters. The second kappa shape index (κ2) is 6.21. The van der Waals surface area contributed by atoms with Crippen LogP contribution in [0.25, 0.3) is 0 Å². The maximum Gasteiger partial charge on any atom is 0.250 e. The summed E-state index contributed by atoms with van der Waals surface area (Å²) in [4.78, 5) is 0. The summed E-state index contributed by atoms with van der Waals surface area (Å²) in [5.41, 5.74) is 0. The van der Waals surface area contributed by atoms with Gasteiger partial charge in [-0.1, -0.05) is 60.7 Å². The highest BCUT2D eigenvalue weighted by atomic mass is 28.4. The molecular formula is C16H20F2OSi2. The fraction of sp³-hybridized carbons (Fsp3) is 0.250. The topological polar surface area (TPSA) is 9.23 Å². The molecule has 0 fully saturated rings. The van der Waals surface area contributed by atoms with Crippen LogP contribution in [0.1, 0.15) is 0 Å². The lowest BCUT2D eigenvalue weighted by molar-refractivity contribution is 0.206. The molecule has 0 amide bonds. The average Bonchev–Trinajstić information content (AvgIpc) is 2.48. The van der Waals surface area contributed by atoms with Crippen molar-refractivity contribution in [3.05, 3.63) is 60.7 Å². The molecule has 0 N–H and O–H groups in total. The molecule has 5 heteroatoms. The molecule has 0 radical (unpaired) electrons. The molecule has 2 aromatic rings. The quantitative estimate of drug-likeness (QED) is 0.767. The van der Waals surface area contributed by atoms with E-state index < -0.39 is 22.7 Å². The highest BCUT2D eigenvalue weighted by Crippen LogP contribution is 2.21. The summed E-state index contributed by atoms with van der Waals surface area (Å²) < 4.78 is 32.9. The first kappa shape index (κ1) is 16.1. The van der Waals surface area contributed by atoms with Crippen LogP contribution in [0.15, 0.2) is 60.7 Å². The first-order chi connectivity index (χ1) is 9.86. The van der Waals surface area contributed by atoms with Crippen LogP contribution >= 0.6 is 0 Å². The molecule has 0 aliphatic rings. The van der Waals surface area contributed by atoms with Crippen LogP contribution in [0.4, 0.5) is 8.78 Å². The third-order valence-electron chi connectivity index (χ3n) is 3.64. The summed E-state index contributed by atoms with van der Waals surface area (Å²) in [5.74, 6) is 0. The van der Waals surface area contributed by atoms with Gasteiger partial charge in [0, 0.05) is 0 Å². The Balaban J connectivity index is 2.50. The maximum atomic E-state index is 13.3. The molecule has 1 nitrogen and oxygen atoms in total. The second-order valence-electron chi connectivity index (χ2n) is 5.77. The Labute approximate surface area is 126 Å². The number of halogens is 2. The smallest absolute Gasteiger partial charge is 0.250 e. The van der Waals surface area contributed by atoms with Gasteiger partial charge < -0.3 is 4.12 Å². The van der Waals surface area contributed by atoms with Crippen molar-refractivity contribution in [2.24, 2.45) is 0 Å². The van der Waals surface area contributed by atoms with Crippen molar-refractivity contribution >= 4 is 27.0 Å². The number of hydrogen-bond donors (Lipinski definition) is 0. The molecule has 2 rings (SSSR count). The molecule has 0 saturated carbocycles. The van der Waals surface area contributed by atoms with E-state index in [4.69, 9.17) is 4.12 Å². The van der Waals surface area contributed by atoms with E-state index in [1.165, 1.54) is 0 Å². The van der Waals surface area contributed by atoms with Crippen molar-refractivity contribution < 1.29 is 12.9 Å². The van der Waals surface area contributed by atoms with E-state index >= 15 is 0 Å². The van der Waals surface area contributed by atoms with Crippen molar-refractivity contribution in [1.82, 2.24) is 0 Å². The van der Waals surface area contributed by atoms with E-state index in [9.17, 15) is 8.78 Å². The first-order valence-corrected chi connectivity index (χ1v) is 12.3. The van der Waals surface area contributed by atoms with E-state index in [1.54, 1.807) is 13.1 Å². The Kier molecular flexibility index (Phi) is 4.75. The van der Waals surface area contributed by atoms with Crippen LogP contribution in [0, 0.1) is 0 Å². The minimum absolute atomic E-state index is 1.03. The minimum atomic E-state index is -3.05. The highest BCUT2D eigenvalue weighted by molar-refractivity contribution is 7.01. The normalized spacial score (nSPS) is 12.7. The van der Waals surface area contributed by atoms with Gasteiger partial charge in [0.15, 0.2) is 0 Å².